The molecular weight excluding hydrogens is 252 g/mol. The van der Waals surface area contributed by atoms with E-state index >= 15 is 0 Å². The summed E-state index contributed by atoms with van der Waals surface area (Å²) >= 11 is 0. The molecule has 114 valence electrons. The molecule has 1 aromatic heterocycles. The lowest BCUT2D eigenvalue weighted by molar-refractivity contribution is -0.0578. The topological polar surface area (TPSA) is 37.6 Å². The molecule has 4 nitrogen and oxygen atoms in total. The van der Waals surface area contributed by atoms with Gasteiger partial charge in [-0.05, 0) is 45.4 Å². The summed E-state index contributed by atoms with van der Waals surface area (Å²) in [7, 11) is 0. The normalized spacial score (nSPS) is 19.4. The molecule has 2 heterocycles. The molecule has 0 atom stereocenters. The summed E-state index contributed by atoms with van der Waals surface area (Å²) in [5.41, 5.74) is 1.33. The number of nitrogens with one attached hydrogen (secondary N) is 1. The van der Waals surface area contributed by atoms with Crippen molar-refractivity contribution in [3.63, 3.8) is 0 Å². The number of hydrogen-bond acceptors (Lipinski definition) is 4. The van der Waals surface area contributed by atoms with E-state index in [1.807, 2.05) is 0 Å². The lowest BCUT2D eigenvalue weighted by atomic mass is 10.0. The predicted octanol–water partition coefficient (Wildman–Crippen LogP) is 2.70. The van der Waals surface area contributed by atoms with Crippen LogP contribution in [-0.2, 0) is 17.8 Å². The van der Waals surface area contributed by atoms with Crippen LogP contribution in [0, 0.1) is 6.92 Å². The van der Waals surface area contributed by atoms with E-state index < -0.39 is 0 Å². The Labute approximate surface area is 122 Å². The van der Waals surface area contributed by atoms with Crippen molar-refractivity contribution < 1.29 is 9.15 Å². The minimum absolute atomic E-state index is 0.0829. The largest absolute Gasteiger partial charge is 0.463 e. The summed E-state index contributed by atoms with van der Waals surface area (Å²) in [6.07, 6.45) is 1.15. The van der Waals surface area contributed by atoms with E-state index in [1.165, 1.54) is 5.56 Å². The zero-order chi connectivity index (χ0) is 14.6. The van der Waals surface area contributed by atoms with Crippen molar-refractivity contribution in [1.29, 1.82) is 0 Å². The molecule has 1 saturated heterocycles. The molecule has 1 N–H and O–H groups in total. The van der Waals surface area contributed by atoms with Gasteiger partial charge in [0.2, 0.25) is 0 Å². The van der Waals surface area contributed by atoms with Gasteiger partial charge in [0, 0.05) is 12.1 Å². The summed E-state index contributed by atoms with van der Waals surface area (Å²) in [5.74, 6) is 2.13. The van der Waals surface area contributed by atoms with Crippen LogP contribution < -0.4 is 5.32 Å². The van der Waals surface area contributed by atoms with Crippen LogP contribution in [0.5, 0.6) is 0 Å². The second kappa shape index (κ2) is 6.74. The first-order chi connectivity index (χ1) is 9.53. The van der Waals surface area contributed by atoms with Gasteiger partial charge in [-0.25, -0.2) is 0 Å². The molecule has 1 aliphatic rings. The van der Waals surface area contributed by atoms with Crippen LogP contribution in [0.25, 0.3) is 0 Å². The highest BCUT2D eigenvalue weighted by atomic mass is 16.5. The Kier molecular flexibility index (Phi) is 5.24. The van der Waals surface area contributed by atoms with Crippen molar-refractivity contribution in [1.82, 2.24) is 10.2 Å². The number of aryl methyl sites for hydroxylation is 1. The van der Waals surface area contributed by atoms with Gasteiger partial charge < -0.3 is 14.5 Å². The van der Waals surface area contributed by atoms with Crippen molar-refractivity contribution in [2.24, 2.45) is 0 Å². The fourth-order valence-corrected chi connectivity index (χ4v) is 2.59. The second-order valence-corrected chi connectivity index (χ2v) is 6.28. The maximum absolute atomic E-state index is 6.01. The Balaban J connectivity index is 1.97. The van der Waals surface area contributed by atoms with Gasteiger partial charge in [0.15, 0.2) is 0 Å². The van der Waals surface area contributed by atoms with Crippen molar-refractivity contribution >= 4 is 0 Å². The van der Waals surface area contributed by atoms with Gasteiger partial charge in [0.25, 0.3) is 0 Å². The van der Waals surface area contributed by atoms with Crippen molar-refractivity contribution in [3.05, 3.63) is 23.2 Å². The first kappa shape index (κ1) is 15.5. The molecule has 2 rings (SSSR count). The van der Waals surface area contributed by atoms with Crippen molar-refractivity contribution in [3.8, 4) is 0 Å². The van der Waals surface area contributed by atoms with E-state index in [9.17, 15) is 0 Å². The summed E-state index contributed by atoms with van der Waals surface area (Å²) in [6.45, 7) is 14.1. The monoisotopic (exact) mass is 280 g/mol. The number of nitrogens with zero attached hydrogens (tertiary/aromatic N) is 1. The second-order valence-electron chi connectivity index (χ2n) is 6.28. The number of rotatable bonds is 6. The van der Waals surface area contributed by atoms with Crippen LogP contribution in [0.4, 0.5) is 0 Å². The van der Waals surface area contributed by atoms with Crippen LogP contribution in [0.1, 0.15) is 44.3 Å². The standard InChI is InChI=1S/C16H28N2O2/c1-5-6-17-10-15-13(2)9-14(20-15)11-18-7-8-19-12-16(18,3)4/h9,17H,5-8,10-12H2,1-4H3. The Morgan fingerprint density at radius 2 is 2.20 bits per heavy atom. The molecule has 0 unspecified atom stereocenters. The molecule has 0 radical (unpaired) electrons. The number of furan rings is 1. The Morgan fingerprint density at radius 1 is 1.40 bits per heavy atom. The van der Waals surface area contributed by atoms with E-state index in [0.29, 0.717) is 0 Å². The maximum Gasteiger partial charge on any atom is 0.120 e. The molecule has 0 saturated carbocycles. The molecule has 0 amide bonds. The highest BCUT2D eigenvalue weighted by Gasteiger charge is 2.31. The maximum atomic E-state index is 6.01. The van der Waals surface area contributed by atoms with Crippen LogP contribution in [0.15, 0.2) is 10.5 Å². The molecule has 0 aliphatic carbocycles. The van der Waals surface area contributed by atoms with Gasteiger partial charge in [0.05, 0.1) is 26.3 Å². The minimum atomic E-state index is 0.0829. The summed E-state index contributed by atoms with van der Waals surface area (Å²) < 4.78 is 11.6. The van der Waals surface area contributed by atoms with E-state index in [-0.39, 0.29) is 5.54 Å². The van der Waals surface area contributed by atoms with Gasteiger partial charge in [-0.2, -0.15) is 0 Å². The van der Waals surface area contributed by atoms with Gasteiger partial charge >= 0.3 is 0 Å². The third kappa shape index (κ3) is 3.84. The zero-order valence-electron chi connectivity index (χ0n) is 13.3. The molecule has 1 fully saturated rings. The molecule has 0 spiro atoms. The van der Waals surface area contributed by atoms with E-state index in [4.69, 9.17) is 9.15 Å². The third-order valence-electron chi connectivity index (χ3n) is 3.95. The van der Waals surface area contributed by atoms with Crippen LogP contribution in [-0.4, -0.2) is 36.7 Å². The molecule has 1 aromatic rings. The average molecular weight is 280 g/mol. The molecular formula is C16H28N2O2. The fraction of sp³-hybridized carbons (Fsp3) is 0.750. The van der Waals surface area contributed by atoms with Crippen molar-refractivity contribution in [2.45, 2.75) is 52.7 Å². The van der Waals surface area contributed by atoms with E-state index in [1.54, 1.807) is 0 Å². The molecule has 20 heavy (non-hydrogen) atoms. The lowest BCUT2D eigenvalue weighted by Crippen LogP contribution is -2.52. The SMILES string of the molecule is CCCNCc1oc(CN2CCOCC2(C)C)cc1C. The van der Waals surface area contributed by atoms with E-state index in [0.717, 1.165) is 57.3 Å². The highest BCUT2D eigenvalue weighted by molar-refractivity contribution is 5.20. The molecule has 1 aliphatic heterocycles. The molecule has 4 heteroatoms. The van der Waals surface area contributed by atoms with Gasteiger partial charge in [-0.1, -0.05) is 6.92 Å². The van der Waals surface area contributed by atoms with Crippen LogP contribution in [0.2, 0.25) is 0 Å². The molecule has 0 aromatic carbocycles. The summed E-state index contributed by atoms with van der Waals surface area (Å²) in [6, 6.07) is 2.18. The summed E-state index contributed by atoms with van der Waals surface area (Å²) in [4.78, 5) is 2.44. The van der Waals surface area contributed by atoms with Gasteiger partial charge in [-0.3, -0.25) is 4.90 Å². The van der Waals surface area contributed by atoms with Gasteiger partial charge in [-0.15, -0.1) is 0 Å². The average Bonchev–Trinajstić information content (AvgIpc) is 2.73. The Bertz CT molecular complexity index is 426. The van der Waals surface area contributed by atoms with Crippen LogP contribution >= 0.6 is 0 Å². The highest BCUT2D eigenvalue weighted by Crippen LogP contribution is 2.23. The predicted molar refractivity (Wildman–Crippen MR) is 80.8 cm³/mol. The van der Waals surface area contributed by atoms with Gasteiger partial charge in [0.1, 0.15) is 11.5 Å². The zero-order valence-corrected chi connectivity index (χ0v) is 13.3. The number of hydrogen-bond donors (Lipinski definition) is 1. The quantitative estimate of drug-likeness (QED) is 0.813. The smallest absolute Gasteiger partial charge is 0.120 e. The van der Waals surface area contributed by atoms with Crippen molar-refractivity contribution in [2.75, 3.05) is 26.3 Å². The summed E-state index contributed by atoms with van der Waals surface area (Å²) in [5, 5.41) is 3.40. The van der Waals surface area contributed by atoms with E-state index in [2.05, 4.69) is 44.0 Å². The minimum Gasteiger partial charge on any atom is -0.463 e. The number of ether oxygens (including phenoxy) is 1. The Morgan fingerprint density at radius 3 is 2.90 bits per heavy atom. The Hall–Kier alpha value is -0.840. The first-order valence-corrected chi connectivity index (χ1v) is 7.64. The lowest BCUT2D eigenvalue weighted by Gasteiger charge is -2.41. The first-order valence-electron chi connectivity index (χ1n) is 7.64. The third-order valence-corrected chi connectivity index (χ3v) is 3.95. The fourth-order valence-electron chi connectivity index (χ4n) is 2.59. The molecule has 0 bridgehead atoms. The van der Waals surface area contributed by atoms with Crippen LogP contribution in [0.3, 0.4) is 0 Å². The number of morpholine rings is 1.